The summed E-state index contributed by atoms with van der Waals surface area (Å²) in [5, 5.41) is 6.33. The molecule has 0 saturated heterocycles. The van der Waals surface area contributed by atoms with Crippen molar-refractivity contribution in [2.24, 2.45) is 0 Å². The molecule has 23 heavy (non-hydrogen) atoms. The Kier molecular flexibility index (Phi) is 6.17. The second-order valence-corrected chi connectivity index (χ2v) is 5.37. The molecule has 0 spiro atoms. The zero-order valence-electron chi connectivity index (χ0n) is 13.7. The summed E-state index contributed by atoms with van der Waals surface area (Å²) in [6.45, 7) is 7.61. The first kappa shape index (κ1) is 17.0. The molecule has 2 rings (SSSR count). The highest BCUT2D eigenvalue weighted by Gasteiger charge is 2.13. The minimum Gasteiger partial charge on any atom is -0.361 e. The number of benzene rings is 1. The first-order valence-corrected chi connectivity index (χ1v) is 8.02. The van der Waals surface area contributed by atoms with Gasteiger partial charge in [0.2, 0.25) is 0 Å². The molecule has 0 fully saturated rings. The number of aromatic nitrogens is 1. The second-order valence-electron chi connectivity index (χ2n) is 5.37. The van der Waals surface area contributed by atoms with Gasteiger partial charge in [0.15, 0.2) is 0 Å². The maximum Gasteiger partial charge on any atom is 0.313 e. The van der Waals surface area contributed by atoms with Gasteiger partial charge in [-0.2, -0.15) is 0 Å². The van der Waals surface area contributed by atoms with Crippen LogP contribution >= 0.6 is 0 Å². The number of fused-ring (bicyclic) bond motifs is 1. The number of carbonyl (C=O) groups excluding carboxylic acids is 2. The Hall–Kier alpha value is -2.34. The van der Waals surface area contributed by atoms with Crippen LogP contribution in [0.15, 0.2) is 30.5 Å². The normalized spacial score (nSPS) is 10.9. The van der Waals surface area contributed by atoms with Crippen LogP contribution in [0.2, 0.25) is 0 Å². The lowest BCUT2D eigenvalue weighted by molar-refractivity contribution is -0.136. The SMILES string of the molecule is CCN(CC)CCCNC(=O)C(=O)Nc1ccc2cc[nH]c2c1. The van der Waals surface area contributed by atoms with Crippen molar-refractivity contribution < 1.29 is 9.59 Å². The molecule has 0 unspecified atom stereocenters. The summed E-state index contributed by atoms with van der Waals surface area (Å²) in [5.41, 5.74) is 1.52. The smallest absolute Gasteiger partial charge is 0.313 e. The summed E-state index contributed by atoms with van der Waals surface area (Å²) in [7, 11) is 0. The van der Waals surface area contributed by atoms with Crippen molar-refractivity contribution in [2.75, 3.05) is 31.5 Å². The Morgan fingerprint density at radius 3 is 2.65 bits per heavy atom. The van der Waals surface area contributed by atoms with Gasteiger partial charge in [-0.05, 0) is 49.6 Å². The number of anilines is 1. The first-order chi connectivity index (χ1) is 11.1. The third kappa shape index (κ3) is 4.82. The van der Waals surface area contributed by atoms with Crippen LogP contribution in [-0.4, -0.2) is 47.9 Å². The van der Waals surface area contributed by atoms with Crippen molar-refractivity contribution >= 4 is 28.4 Å². The van der Waals surface area contributed by atoms with Gasteiger partial charge in [-0.1, -0.05) is 19.9 Å². The lowest BCUT2D eigenvalue weighted by atomic mass is 10.2. The lowest BCUT2D eigenvalue weighted by Crippen LogP contribution is -2.37. The third-order valence-corrected chi connectivity index (χ3v) is 3.85. The van der Waals surface area contributed by atoms with E-state index >= 15 is 0 Å². The van der Waals surface area contributed by atoms with Crippen LogP contribution < -0.4 is 10.6 Å². The van der Waals surface area contributed by atoms with E-state index in [1.165, 1.54) is 0 Å². The van der Waals surface area contributed by atoms with Crippen LogP contribution in [0.5, 0.6) is 0 Å². The molecule has 0 bridgehead atoms. The van der Waals surface area contributed by atoms with E-state index in [-0.39, 0.29) is 0 Å². The number of rotatable bonds is 7. The Bertz CT molecular complexity index is 661. The molecule has 0 aliphatic rings. The monoisotopic (exact) mass is 316 g/mol. The molecular formula is C17H24N4O2. The predicted molar refractivity (Wildman–Crippen MR) is 92.3 cm³/mol. The van der Waals surface area contributed by atoms with Crippen LogP contribution in [0.3, 0.4) is 0 Å². The molecule has 0 radical (unpaired) electrons. The summed E-state index contributed by atoms with van der Waals surface area (Å²) in [6.07, 6.45) is 2.66. The summed E-state index contributed by atoms with van der Waals surface area (Å²) in [4.78, 5) is 29.0. The number of hydrogen-bond donors (Lipinski definition) is 3. The molecule has 1 aromatic carbocycles. The number of carbonyl (C=O) groups is 2. The molecule has 0 aliphatic heterocycles. The van der Waals surface area contributed by atoms with Gasteiger partial charge in [-0.15, -0.1) is 0 Å². The van der Waals surface area contributed by atoms with Gasteiger partial charge < -0.3 is 20.5 Å². The molecule has 3 N–H and O–H groups in total. The molecule has 124 valence electrons. The molecule has 6 nitrogen and oxygen atoms in total. The van der Waals surface area contributed by atoms with E-state index < -0.39 is 11.8 Å². The zero-order valence-corrected chi connectivity index (χ0v) is 13.7. The van der Waals surface area contributed by atoms with Crippen molar-refractivity contribution in [3.05, 3.63) is 30.5 Å². The summed E-state index contributed by atoms with van der Waals surface area (Å²) >= 11 is 0. The van der Waals surface area contributed by atoms with E-state index in [0.717, 1.165) is 37.0 Å². The van der Waals surface area contributed by atoms with E-state index in [9.17, 15) is 9.59 Å². The third-order valence-electron chi connectivity index (χ3n) is 3.85. The maximum absolute atomic E-state index is 11.9. The van der Waals surface area contributed by atoms with Crippen molar-refractivity contribution in [1.29, 1.82) is 0 Å². The number of hydrogen-bond acceptors (Lipinski definition) is 3. The highest BCUT2D eigenvalue weighted by atomic mass is 16.2. The fraction of sp³-hybridized carbons (Fsp3) is 0.412. The number of nitrogens with one attached hydrogen (secondary N) is 3. The van der Waals surface area contributed by atoms with Crippen LogP contribution in [-0.2, 0) is 9.59 Å². The van der Waals surface area contributed by atoms with E-state index in [1.807, 2.05) is 18.3 Å². The summed E-state index contributed by atoms with van der Waals surface area (Å²) < 4.78 is 0. The van der Waals surface area contributed by atoms with Crippen LogP contribution in [0.4, 0.5) is 5.69 Å². The quantitative estimate of drug-likeness (QED) is 0.540. The molecule has 6 heteroatoms. The average molecular weight is 316 g/mol. The van der Waals surface area contributed by atoms with Gasteiger partial charge in [-0.25, -0.2) is 0 Å². The van der Waals surface area contributed by atoms with Crippen molar-refractivity contribution in [3.63, 3.8) is 0 Å². The van der Waals surface area contributed by atoms with Crippen molar-refractivity contribution in [1.82, 2.24) is 15.2 Å². The minimum absolute atomic E-state index is 0.498. The molecule has 0 atom stereocenters. The molecule has 0 aliphatic carbocycles. The van der Waals surface area contributed by atoms with Crippen LogP contribution in [0, 0.1) is 0 Å². The average Bonchev–Trinajstić information content (AvgIpc) is 3.02. The Morgan fingerprint density at radius 2 is 1.91 bits per heavy atom. The minimum atomic E-state index is -0.640. The number of aromatic amines is 1. The fourth-order valence-corrected chi connectivity index (χ4v) is 2.44. The highest BCUT2D eigenvalue weighted by Crippen LogP contribution is 2.17. The van der Waals surface area contributed by atoms with E-state index in [1.54, 1.807) is 12.1 Å². The number of H-pyrrole nitrogens is 1. The first-order valence-electron chi connectivity index (χ1n) is 8.02. The van der Waals surface area contributed by atoms with Crippen LogP contribution in [0.1, 0.15) is 20.3 Å². The van der Waals surface area contributed by atoms with Gasteiger partial charge in [0.1, 0.15) is 0 Å². The summed E-state index contributed by atoms with van der Waals surface area (Å²) in [5.74, 6) is -1.24. The number of amides is 2. The predicted octanol–water partition coefficient (Wildman–Crippen LogP) is 1.95. The van der Waals surface area contributed by atoms with Gasteiger partial charge in [-0.3, -0.25) is 9.59 Å². The van der Waals surface area contributed by atoms with Gasteiger partial charge in [0.25, 0.3) is 0 Å². The molecule has 2 aromatic rings. The van der Waals surface area contributed by atoms with Gasteiger partial charge >= 0.3 is 11.8 Å². The van der Waals surface area contributed by atoms with Crippen molar-refractivity contribution in [2.45, 2.75) is 20.3 Å². The van der Waals surface area contributed by atoms with E-state index in [4.69, 9.17) is 0 Å². The Morgan fingerprint density at radius 1 is 1.13 bits per heavy atom. The molecule has 1 aromatic heterocycles. The molecule has 1 heterocycles. The van der Waals surface area contributed by atoms with E-state index in [0.29, 0.717) is 12.2 Å². The fourth-order valence-electron chi connectivity index (χ4n) is 2.44. The highest BCUT2D eigenvalue weighted by molar-refractivity contribution is 6.39. The molecule has 0 saturated carbocycles. The largest absolute Gasteiger partial charge is 0.361 e. The van der Waals surface area contributed by atoms with Crippen molar-refractivity contribution in [3.8, 4) is 0 Å². The lowest BCUT2D eigenvalue weighted by Gasteiger charge is -2.17. The maximum atomic E-state index is 11.9. The topological polar surface area (TPSA) is 77.2 Å². The summed E-state index contributed by atoms with van der Waals surface area (Å²) in [6, 6.07) is 7.43. The zero-order chi connectivity index (χ0) is 16.7. The van der Waals surface area contributed by atoms with Gasteiger partial charge in [0, 0.05) is 23.9 Å². The Labute approximate surface area is 136 Å². The molecule has 2 amide bonds. The second kappa shape index (κ2) is 8.33. The Balaban J connectivity index is 1.77. The number of nitrogens with zero attached hydrogens (tertiary/aromatic N) is 1. The van der Waals surface area contributed by atoms with E-state index in [2.05, 4.69) is 34.4 Å². The standard InChI is InChI=1S/C17H24N4O2/c1-3-21(4-2)11-5-9-19-16(22)17(23)20-14-7-6-13-8-10-18-15(13)12-14/h6-8,10,12,18H,3-5,9,11H2,1-2H3,(H,19,22)(H,20,23). The molecular weight excluding hydrogens is 292 g/mol. The van der Waals surface area contributed by atoms with Gasteiger partial charge in [0.05, 0.1) is 0 Å². The van der Waals surface area contributed by atoms with Crippen LogP contribution in [0.25, 0.3) is 10.9 Å².